The Balaban J connectivity index is 1.69. The van der Waals surface area contributed by atoms with Gasteiger partial charge in [-0.2, -0.15) is 0 Å². The molecule has 4 heteroatoms. The van der Waals surface area contributed by atoms with Crippen LogP contribution in [0.25, 0.3) is 0 Å². The van der Waals surface area contributed by atoms with Crippen molar-refractivity contribution >= 4 is 6.03 Å². The first-order valence-corrected chi connectivity index (χ1v) is 8.04. The molecule has 2 aromatic rings. The number of nitrogens with one attached hydrogen (secondary N) is 1. The largest absolute Gasteiger partial charge is 0.331 e. The molecule has 23 heavy (non-hydrogen) atoms. The average molecular weight is 309 g/mol. The molecule has 0 bridgehead atoms. The van der Waals surface area contributed by atoms with E-state index in [-0.39, 0.29) is 12.1 Å². The molecule has 2 unspecified atom stereocenters. The lowest BCUT2D eigenvalue weighted by Gasteiger charge is -2.24. The third-order valence-corrected chi connectivity index (χ3v) is 4.52. The first kappa shape index (κ1) is 15.5. The van der Waals surface area contributed by atoms with E-state index in [0.717, 1.165) is 12.0 Å². The number of aromatic nitrogens is 1. The summed E-state index contributed by atoms with van der Waals surface area (Å²) >= 11 is 0. The molecule has 4 nitrogen and oxygen atoms in total. The van der Waals surface area contributed by atoms with Gasteiger partial charge in [0.05, 0.1) is 6.04 Å². The molecule has 0 fully saturated rings. The molecule has 0 saturated carbocycles. The fraction of sp³-hybridized carbons (Fsp3) is 0.368. The van der Waals surface area contributed by atoms with Crippen LogP contribution in [0.2, 0.25) is 0 Å². The maximum absolute atomic E-state index is 12.5. The fourth-order valence-corrected chi connectivity index (χ4v) is 3.26. The Morgan fingerprint density at radius 3 is 2.96 bits per heavy atom. The number of fused-ring (bicyclic) bond motifs is 1. The molecule has 1 aromatic heterocycles. The summed E-state index contributed by atoms with van der Waals surface area (Å²) < 4.78 is 0. The van der Waals surface area contributed by atoms with E-state index in [1.165, 1.54) is 16.7 Å². The van der Waals surface area contributed by atoms with E-state index in [4.69, 9.17) is 0 Å². The third-order valence-electron chi connectivity index (χ3n) is 4.52. The summed E-state index contributed by atoms with van der Waals surface area (Å²) in [6.45, 7) is 4.85. The van der Waals surface area contributed by atoms with E-state index < -0.39 is 0 Å². The first-order chi connectivity index (χ1) is 11.0. The van der Waals surface area contributed by atoms with Crippen molar-refractivity contribution < 1.29 is 4.79 Å². The predicted octanol–water partition coefficient (Wildman–Crippen LogP) is 3.46. The van der Waals surface area contributed by atoms with Crippen molar-refractivity contribution in [2.24, 2.45) is 5.92 Å². The van der Waals surface area contributed by atoms with Gasteiger partial charge in [0, 0.05) is 26.0 Å². The highest BCUT2D eigenvalue weighted by Gasteiger charge is 2.31. The highest BCUT2D eigenvalue weighted by Crippen LogP contribution is 2.36. The van der Waals surface area contributed by atoms with E-state index in [9.17, 15) is 4.79 Å². The summed E-state index contributed by atoms with van der Waals surface area (Å²) in [5.74, 6) is 0.419. The van der Waals surface area contributed by atoms with E-state index >= 15 is 0 Å². The van der Waals surface area contributed by atoms with Crippen molar-refractivity contribution in [1.82, 2.24) is 15.2 Å². The van der Waals surface area contributed by atoms with E-state index in [1.54, 1.807) is 17.3 Å². The van der Waals surface area contributed by atoms with Gasteiger partial charge in [-0.25, -0.2) is 4.79 Å². The Kier molecular flexibility index (Phi) is 4.33. The summed E-state index contributed by atoms with van der Waals surface area (Å²) in [4.78, 5) is 18.3. The highest BCUT2D eigenvalue weighted by atomic mass is 16.2. The monoisotopic (exact) mass is 309 g/mol. The van der Waals surface area contributed by atoms with Crippen molar-refractivity contribution in [2.75, 3.05) is 7.05 Å². The lowest BCUT2D eigenvalue weighted by Crippen LogP contribution is -2.40. The Morgan fingerprint density at radius 1 is 1.39 bits per heavy atom. The molecule has 2 atom stereocenters. The Bertz CT molecular complexity index is 699. The van der Waals surface area contributed by atoms with Crippen molar-refractivity contribution in [1.29, 1.82) is 0 Å². The van der Waals surface area contributed by atoms with Crippen molar-refractivity contribution in [2.45, 2.75) is 32.9 Å². The number of amides is 2. The average Bonchev–Trinajstić information content (AvgIpc) is 2.84. The Labute approximate surface area is 137 Å². The first-order valence-electron chi connectivity index (χ1n) is 8.04. The number of hydrogen-bond donors (Lipinski definition) is 1. The van der Waals surface area contributed by atoms with Crippen molar-refractivity contribution in [3.63, 3.8) is 0 Å². The normalized spacial score (nSPS) is 19.3. The van der Waals surface area contributed by atoms with Gasteiger partial charge in [-0.3, -0.25) is 4.98 Å². The second kappa shape index (κ2) is 6.41. The quantitative estimate of drug-likeness (QED) is 0.943. The van der Waals surface area contributed by atoms with Crippen LogP contribution in [0.15, 0.2) is 42.7 Å². The van der Waals surface area contributed by atoms with Crippen LogP contribution in [-0.2, 0) is 13.0 Å². The van der Waals surface area contributed by atoms with E-state index in [0.29, 0.717) is 12.5 Å². The number of pyridine rings is 1. The standard InChI is InChI=1S/C19H23N3O/c1-13-6-7-16-10-14(2)18(17(16)9-13)21-19(23)22(3)12-15-5-4-8-20-11-15/h4-9,11,14,18H,10,12H2,1-3H3,(H,21,23). The van der Waals surface area contributed by atoms with Crippen LogP contribution in [-0.4, -0.2) is 23.0 Å². The molecule has 1 heterocycles. The molecule has 0 spiro atoms. The number of nitrogens with zero attached hydrogens (tertiary/aromatic N) is 2. The van der Waals surface area contributed by atoms with Gasteiger partial charge >= 0.3 is 6.03 Å². The SMILES string of the molecule is Cc1ccc2c(c1)C(NC(=O)N(C)Cc1cccnc1)C(C)C2. The molecule has 1 aliphatic rings. The van der Waals surface area contributed by atoms with Crippen LogP contribution < -0.4 is 5.32 Å². The lowest BCUT2D eigenvalue weighted by atomic mass is 10.0. The van der Waals surface area contributed by atoms with Gasteiger partial charge in [0.15, 0.2) is 0 Å². The molecular formula is C19H23N3O. The minimum absolute atomic E-state index is 0.0416. The summed E-state index contributed by atoms with van der Waals surface area (Å²) in [5, 5.41) is 3.20. The minimum atomic E-state index is -0.0416. The zero-order valence-corrected chi connectivity index (χ0v) is 13.9. The number of aryl methyl sites for hydroxylation is 1. The molecule has 1 aliphatic carbocycles. The zero-order valence-electron chi connectivity index (χ0n) is 13.9. The van der Waals surface area contributed by atoms with Crippen LogP contribution >= 0.6 is 0 Å². The third kappa shape index (κ3) is 3.36. The van der Waals surface area contributed by atoms with Gasteiger partial charge in [0.25, 0.3) is 0 Å². The summed E-state index contributed by atoms with van der Waals surface area (Å²) in [6, 6.07) is 10.4. The van der Waals surface area contributed by atoms with Crippen LogP contribution in [0.3, 0.4) is 0 Å². The summed E-state index contributed by atoms with van der Waals surface area (Å²) in [5.41, 5.74) is 4.88. The number of carbonyl (C=O) groups is 1. The molecule has 1 aromatic carbocycles. The van der Waals surface area contributed by atoms with Gasteiger partial charge in [0.2, 0.25) is 0 Å². The van der Waals surface area contributed by atoms with Crippen molar-refractivity contribution in [3.8, 4) is 0 Å². The Morgan fingerprint density at radius 2 is 2.22 bits per heavy atom. The van der Waals surface area contributed by atoms with Crippen LogP contribution in [0.1, 0.15) is 35.2 Å². The number of hydrogen-bond acceptors (Lipinski definition) is 2. The van der Waals surface area contributed by atoms with Gasteiger partial charge in [-0.05, 0) is 42.0 Å². The molecule has 120 valence electrons. The molecule has 0 aliphatic heterocycles. The maximum atomic E-state index is 12.5. The number of urea groups is 1. The molecular weight excluding hydrogens is 286 g/mol. The lowest BCUT2D eigenvalue weighted by molar-refractivity contribution is 0.199. The fourth-order valence-electron chi connectivity index (χ4n) is 3.26. The van der Waals surface area contributed by atoms with Crippen LogP contribution in [0, 0.1) is 12.8 Å². The van der Waals surface area contributed by atoms with Gasteiger partial charge in [0.1, 0.15) is 0 Å². The predicted molar refractivity (Wildman–Crippen MR) is 91.0 cm³/mol. The topological polar surface area (TPSA) is 45.2 Å². The van der Waals surface area contributed by atoms with Crippen LogP contribution in [0.4, 0.5) is 4.79 Å². The zero-order chi connectivity index (χ0) is 16.4. The van der Waals surface area contributed by atoms with E-state index in [1.807, 2.05) is 19.2 Å². The smallest absolute Gasteiger partial charge is 0.317 e. The highest BCUT2D eigenvalue weighted by molar-refractivity contribution is 5.74. The van der Waals surface area contributed by atoms with E-state index in [2.05, 4.69) is 42.3 Å². The van der Waals surface area contributed by atoms with Gasteiger partial charge in [-0.15, -0.1) is 0 Å². The van der Waals surface area contributed by atoms with Crippen LogP contribution in [0.5, 0.6) is 0 Å². The second-order valence-electron chi connectivity index (χ2n) is 6.53. The minimum Gasteiger partial charge on any atom is -0.331 e. The molecule has 2 amide bonds. The number of rotatable bonds is 3. The molecule has 0 saturated heterocycles. The molecule has 1 N–H and O–H groups in total. The van der Waals surface area contributed by atoms with Gasteiger partial charge < -0.3 is 10.2 Å². The van der Waals surface area contributed by atoms with Gasteiger partial charge in [-0.1, -0.05) is 36.8 Å². The Hall–Kier alpha value is -2.36. The van der Waals surface area contributed by atoms with Crippen molar-refractivity contribution in [3.05, 3.63) is 65.0 Å². The molecule has 0 radical (unpaired) electrons. The summed E-state index contributed by atoms with van der Waals surface area (Å²) in [7, 11) is 1.82. The summed E-state index contributed by atoms with van der Waals surface area (Å²) in [6.07, 6.45) is 4.55. The maximum Gasteiger partial charge on any atom is 0.317 e. The number of carbonyl (C=O) groups excluding carboxylic acids is 1. The second-order valence-corrected chi connectivity index (χ2v) is 6.53. The number of benzene rings is 1. The molecule has 3 rings (SSSR count).